The van der Waals surface area contributed by atoms with E-state index < -0.39 is 0 Å². The quantitative estimate of drug-likeness (QED) is 0.927. The van der Waals surface area contributed by atoms with Crippen molar-refractivity contribution in [3.05, 3.63) is 29.8 Å². The van der Waals surface area contributed by atoms with E-state index in [-0.39, 0.29) is 23.8 Å². The molecule has 22 heavy (non-hydrogen) atoms. The molecule has 0 aliphatic carbocycles. The van der Waals surface area contributed by atoms with Crippen molar-refractivity contribution < 1.29 is 14.3 Å². The summed E-state index contributed by atoms with van der Waals surface area (Å²) in [5.41, 5.74) is 1.03. The van der Waals surface area contributed by atoms with Crippen molar-refractivity contribution in [2.45, 2.75) is 32.2 Å². The van der Waals surface area contributed by atoms with Gasteiger partial charge in [-0.15, -0.1) is 0 Å². The molecule has 2 aliphatic rings. The summed E-state index contributed by atoms with van der Waals surface area (Å²) >= 11 is 0. The molecular weight excluding hydrogens is 280 g/mol. The summed E-state index contributed by atoms with van der Waals surface area (Å²) in [5.74, 6) is 0.671. The third kappa shape index (κ3) is 2.93. The highest BCUT2D eigenvalue weighted by Gasteiger charge is 2.34. The van der Waals surface area contributed by atoms with E-state index in [0.717, 1.165) is 24.2 Å². The molecular formula is C17H22N2O3. The standard InChI is InChI=1S/C17H22N2O3/c1-2-19-11-12(10-16(19)20)17(21)18-14-7-5-9-22-15-8-4-3-6-13(14)15/h3-4,6,8,12,14H,2,5,7,9-11H2,1H3,(H,18,21)/t12-,14-/m0/s1. The largest absolute Gasteiger partial charge is 0.493 e. The molecule has 0 saturated carbocycles. The van der Waals surface area contributed by atoms with Crippen molar-refractivity contribution in [3.8, 4) is 5.75 Å². The molecule has 0 unspecified atom stereocenters. The Morgan fingerprint density at radius 3 is 3.00 bits per heavy atom. The molecule has 3 rings (SSSR count). The fraction of sp³-hybridized carbons (Fsp3) is 0.529. The molecule has 0 bridgehead atoms. The molecule has 1 saturated heterocycles. The number of hydrogen-bond acceptors (Lipinski definition) is 3. The number of fused-ring (bicyclic) bond motifs is 1. The lowest BCUT2D eigenvalue weighted by molar-refractivity contribution is -0.129. The zero-order valence-corrected chi connectivity index (χ0v) is 12.9. The molecule has 0 radical (unpaired) electrons. The van der Waals surface area contributed by atoms with Crippen LogP contribution in [0.3, 0.4) is 0 Å². The Kier molecular flexibility index (Phi) is 4.32. The number of benzene rings is 1. The van der Waals surface area contributed by atoms with Gasteiger partial charge in [0.1, 0.15) is 5.75 Å². The van der Waals surface area contributed by atoms with E-state index in [1.54, 1.807) is 4.90 Å². The maximum atomic E-state index is 12.5. The lowest BCUT2D eigenvalue weighted by Crippen LogP contribution is -2.35. The predicted octanol–water partition coefficient (Wildman–Crippen LogP) is 1.88. The van der Waals surface area contributed by atoms with E-state index in [2.05, 4.69) is 5.32 Å². The average molecular weight is 302 g/mol. The monoisotopic (exact) mass is 302 g/mol. The lowest BCUT2D eigenvalue weighted by Gasteiger charge is -2.20. The number of carbonyl (C=O) groups is 2. The summed E-state index contributed by atoms with van der Waals surface area (Å²) < 4.78 is 5.72. The summed E-state index contributed by atoms with van der Waals surface area (Å²) in [7, 11) is 0. The van der Waals surface area contributed by atoms with Crippen molar-refractivity contribution >= 4 is 11.8 Å². The molecule has 1 aromatic rings. The van der Waals surface area contributed by atoms with E-state index in [0.29, 0.717) is 26.1 Å². The Morgan fingerprint density at radius 2 is 2.23 bits per heavy atom. The maximum Gasteiger partial charge on any atom is 0.225 e. The Labute approximate surface area is 130 Å². The number of amides is 2. The van der Waals surface area contributed by atoms with Gasteiger partial charge in [0.15, 0.2) is 0 Å². The molecule has 1 fully saturated rings. The fourth-order valence-electron chi connectivity index (χ4n) is 3.22. The minimum absolute atomic E-state index is 0.0222. The molecule has 5 nitrogen and oxygen atoms in total. The molecule has 2 atom stereocenters. The normalized spacial score (nSPS) is 24.4. The van der Waals surface area contributed by atoms with Crippen molar-refractivity contribution in [1.82, 2.24) is 10.2 Å². The summed E-state index contributed by atoms with van der Waals surface area (Å²) in [6.07, 6.45) is 2.09. The molecule has 0 aromatic heterocycles. The molecule has 2 amide bonds. The van der Waals surface area contributed by atoms with Crippen molar-refractivity contribution in [1.29, 1.82) is 0 Å². The van der Waals surface area contributed by atoms with Crippen LogP contribution in [0.5, 0.6) is 5.75 Å². The van der Waals surface area contributed by atoms with E-state index in [1.165, 1.54) is 0 Å². The van der Waals surface area contributed by atoms with Gasteiger partial charge in [-0.3, -0.25) is 9.59 Å². The summed E-state index contributed by atoms with van der Waals surface area (Å²) in [5, 5.41) is 3.12. The van der Waals surface area contributed by atoms with Gasteiger partial charge in [-0.2, -0.15) is 0 Å². The molecule has 118 valence electrons. The van der Waals surface area contributed by atoms with Gasteiger partial charge < -0.3 is 15.0 Å². The average Bonchev–Trinajstić information content (AvgIpc) is 2.79. The minimum atomic E-state index is -0.233. The first kappa shape index (κ1) is 14.9. The van der Waals surface area contributed by atoms with Gasteiger partial charge in [0.2, 0.25) is 11.8 Å². The number of nitrogens with zero attached hydrogens (tertiary/aromatic N) is 1. The van der Waals surface area contributed by atoms with Crippen LogP contribution in [0.2, 0.25) is 0 Å². The number of hydrogen-bond donors (Lipinski definition) is 1. The number of ether oxygens (including phenoxy) is 1. The van der Waals surface area contributed by atoms with Crippen molar-refractivity contribution in [2.75, 3.05) is 19.7 Å². The van der Waals surface area contributed by atoms with Crippen LogP contribution in [-0.2, 0) is 9.59 Å². The molecule has 0 spiro atoms. The number of para-hydroxylation sites is 1. The van der Waals surface area contributed by atoms with Gasteiger partial charge in [-0.1, -0.05) is 18.2 Å². The molecule has 2 heterocycles. The fourth-order valence-corrected chi connectivity index (χ4v) is 3.22. The van der Waals surface area contributed by atoms with Crippen LogP contribution in [0.4, 0.5) is 0 Å². The zero-order valence-electron chi connectivity index (χ0n) is 12.9. The molecule has 1 N–H and O–H groups in total. The van der Waals surface area contributed by atoms with Gasteiger partial charge in [0.05, 0.1) is 18.6 Å². The first-order valence-corrected chi connectivity index (χ1v) is 7.99. The van der Waals surface area contributed by atoms with Gasteiger partial charge >= 0.3 is 0 Å². The lowest BCUT2D eigenvalue weighted by atomic mass is 10.0. The summed E-state index contributed by atoms with van der Waals surface area (Å²) in [6, 6.07) is 7.82. The van der Waals surface area contributed by atoms with Crippen LogP contribution in [0, 0.1) is 5.92 Å². The number of likely N-dealkylation sites (tertiary alicyclic amines) is 1. The molecule has 2 aliphatic heterocycles. The van der Waals surface area contributed by atoms with Crippen LogP contribution >= 0.6 is 0 Å². The minimum Gasteiger partial charge on any atom is -0.493 e. The Balaban J connectivity index is 1.70. The van der Waals surface area contributed by atoms with Crippen LogP contribution in [-0.4, -0.2) is 36.4 Å². The maximum absolute atomic E-state index is 12.5. The Bertz CT molecular complexity index is 573. The Hall–Kier alpha value is -2.04. The molecule has 1 aromatic carbocycles. The van der Waals surface area contributed by atoms with E-state index >= 15 is 0 Å². The topological polar surface area (TPSA) is 58.6 Å². The van der Waals surface area contributed by atoms with Crippen molar-refractivity contribution in [3.63, 3.8) is 0 Å². The second kappa shape index (κ2) is 6.38. The summed E-state index contributed by atoms with van der Waals surface area (Å²) in [6.45, 7) is 3.82. The van der Waals surface area contributed by atoms with Gasteiger partial charge in [-0.25, -0.2) is 0 Å². The Morgan fingerprint density at radius 1 is 1.41 bits per heavy atom. The van der Waals surface area contributed by atoms with Crippen LogP contribution in [0.1, 0.15) is 37.8 Å². The highest BCUT2D eigenvalue weighted by Crippen LogP contribution is 2.31. The number of nitrogens with one attached hydrogen (secondary N) is 1. The third-order valence-corrected chi connectivity index (χ3v) is 4.47. The van der Waals surface area contributed by atoms with Gasteiger partial charge in [0.25, 0.3) is 0 Å². The van der Waals surface area contributed by atoms with E-state index in [1.807, 2.05) is 31.2 Å². The summed E-state index contributed by atoms with van der Waals surface area (Å²) in [4.78, 5) is 26.0. The second-order valence-corrected chi connectivity index (χ2v) is 5.92. The number of carbonyl (C=O) groups excluding carboxylic acids is 2. The van der Waals surface area contributed by atoms with E-state index in [4.69, 9.17) is 4.74 Å². The predicted molar refractivity (Wildman–Crippen MR) is 82.4 cm³/mol. The van der Waals surface area contributed by atoms with Gasteiger partial charge in [0, 0.05) is 25.1 Å². The van der Waals surface area contributed by atoms with E-state index in [9.17, 15) is 9.59 Å². The second-order valence-electron chi connectivity index (χ2n) is 5.92. The zero-order chi connectivity index (χ0) is 15.5. The van der Waals surface area contributed by atoms with Crippen molar-refractivity contribution in [2.24, 2.45) is 5.92 Å². The van der Waals surface area contributed by atoms with Gasteiger partial charge in [-0.05, 0) is 25.8 Å². The highest BCUT2D eigenvalue weighted by molar-refractivity contribution is 5.89. The van der Waals surface area contributed by atoms with Crippen LogP contribution < -0.4 is 10.1 Å². The smallest absolute Gasteiger partial charge is 0.225 e. The third-order valence-electron chi connectivity index (χ3n) is 4.47. The first-order valence-electron chi connectivity index (χ1n) is 7.99. The number of rotatable bonds is 3. The highest BCUT2D eigenvalue weighted by atomic mass is 16.5. The van der Waals surface area contributed by atoms with Crippen LogP contribution in [0.25, 0.3) is 0 Å². The molecule has 5 heteroatoms. The van der Waals surface area contributed by atoms with Crippen LogP contribution in [0.15, 0.2) is 24.3 Å². The SMILES string of the molecule is CCN1C[C@@H](C(=O)N[C@H]2CCCOc3ccccc32)CC1=O. The first-order chi connectivity index (χ1) is 10.7.